The lowest BCUT2D eigenvalue weighted by atomic mass is 10.1. The highest BCUT2D eigenvalue weighted by molar-refractivity contribution is 7.98. The molecular formula is C13H18N6OS. The molecule has 7 nitrogen and oxygen atoms in total. The molecule has 2 rings (SSSR count). The molecule has 2 aromatic rings. The number of aryl methyl sites for hydroxylation is 1. The highest BCUT2D eigenvalue weighted by Crippen LogP contribution is 2.18. The van der Waals surface area contributed by atoms with E-state index in [1.54, 1.807) is 16.4 Å². The fourth-order valence-corrected chi connectivity index (χ4v) is 2.31. The Morgan fingerprint density at radius 1 is 1.52 bits per heavy atom. The molecule has 0 saturated carbocycles. The first kappa shape index (κ1) is 15.5. The maximum atomic E-state index is 12.0. The van der Waals surface area contributed by atoms with Gasteiger partial charge in [0.2, 0.25) is 5.91 Å². The summed E-state index contributed by atoms with van der Waals surface area (Å²) in [6, 6.07) is 5.06. The molecule has 0 aliphatic rings. The predicted octanol–water partition coefficient (Wildman–Crippen LogP) is 0.990. The number of nitrogens with two attached hydrogens (primary N) is 1. The van der Waals surface area contributed by atoms with Gasteiger partial charge in [-0.3, -0.25) is 4.79 Å². The number of aromatic nitrogens is 4. The molecule has 21 heavy (non-hydrogen) atoms. The third-order valence-electron chi connectivity index (χ3n) is 3.04. The van der Waals surface area contributed by atoms with E-state index in [0.717, 1.165) is 17.0 Å². The van der Waals surface area contributed by atoms with Crippen molar-refractivity contribution in [2.45, 2.75) is 19.4 Å². The van der Waals surface area contributed by atoms with Crippen LogP contribution in [-0.2, 0) is 4.79 Å². The normalized spacial score (nSPS) is 12.1. The molecule has 112 valence electrons. The predicted molar refractivity (Wildman–Crippen MR) is 83.5 cm³/mol. The van der Waals surface area contributed by atoms with Crippen molar-refractivity contribution in [3.63, 3.8) is 0 Å². The molecule has 1 amide bonds. The Morgan fingerprint density at radius 3 is 3.00 bits per heavy atom. The molecular weight excluding hydrogens is 288 g/mol. The fourth-order valence-electron chi connectivity index (χ4n) is 1.82. The lowest BCUT2D eigenvalue weighted by Gasteiger charge is -2.13. The number of rotatable bonds is 6. The number of hydrogen-bond acceptors (Lipinski definition) is 6. The van der Waals surface area contributed by atoms with Crippen LogP contribution in [0.1, 0.15) is 12.0 Å². The van der Waals surface area contributed by atoms with Crippen molar-refractivity contribution < 1.29 is 4.79 Å². The van der Waals surface area contributed by atoms with Gasteiger partial charge in [-0.2, -0.15) is 11.8 Å². The van der Waals surface area contributed by atoms with Gasteiger partial charge in [0.15, 0.2) is 0 Å². The first-order chi connectivity index (χ1) is 10.1. The molecule has 1 heterocycles. The molecule has 0 spiro atoms. The number of anilines is 1. The topological polar surface area (TPSA) is 98.7 Å². The summed E-state index contributed by atoms with van der Waals surface area (Å²) >= 11 is 1.67. The first-order valence-electron chi connectivity index (χ1n) is 6.51. The van der Waals surface area contributed by atoms with Gasteiger partial charge in [0, 0.05) is 5.69 Å². The summed E-state index contributed by atoms with van der Waals surface area (Å²) in [5.41, 5.74) is 8.35. The number of hydrogen-bond donors (Lipinski definition) is 2. The Bertz CT molecular complexity index is 601. The summed E-state index contributed by atoms with van der Waals surface area (Å²) in [5, 5.41) is 13.9. The van der Waals surface area contributed by atoms with Crippen molar-refractivity contribution in [2.75, 3.05) is 17.3 Å². The second-order valence-corrected chi connectivity index (χ2v) is 5.62. The van der Waals surface area contributed by atoms with E-state index in [4.69, 9.17) is 5.73 Å². The molecule has 1 aromatic carbocycles. The number of tetrazole rings is 1. The summed E-state index contributed by atoms with van der Waals surface area (Å²) in [6.07, 6.45) is 4.15. The molecule has 0 radical (unpaired) electrons. The van der Waals surface area contributed by atoms with Crippen LogP contribution in [0.15, 0.2) is 24.5 Å². The molecule has 0 aliphatic heterocycles. The Labute approximate surface area is 127 Å². The summed E-state index contributed by atoms with van der Waals surface area (Å²) in [7, 11) is 0. The minimum Gasteiger partial charge on any atom is -0.325 e. The number of amides is 1. The number of nitrogens with zero attached hydrogens (tertiary/aromatic N) is 4. The lowest BCUT2D eigenvalue weighted by molar-refractivity contribution is -0.117. The standard InChI is InChI=1S/C13H18N6OS/c1-9-3-4-10(7-12(9)19-8-15-17-18-19)16-13(20)11(14)5-6-21-2/h3-4,7-8,11H,5-6,14H2,1-2H3,(H,16,20)/t11-/m0/s1. The molecule has 0 bridgehead atoms. The molecule has 0 fully saturated rings. The fraction of sp³-hybridized carbons (Fsp3) is 0.385. The largest absolute Gasteiger partial charge is 0.325 e. The maximum absolute atomic E-state index is 12.0. The van der Waals surface area contributed by atoms with Crippen LogP contribution >= 0.6 is 11.8 Å². The zero-order valence-corrected chi connectivity index (χ0v) is 12.8. The van der Waals surface area contributed by atoms with Gasteiger partial charge in [-0.15, -0.1) is 5.10 Å². The van der Waals surface area contributed by atoms with E-state index in [0.29, 0.717) is 12.1 Å². The van der Waals surface area contributed by atoms with E-state index >= 15 is 0 Å². The Kier molecular flexibility index (Phi) is 5.29. The molecule has 0 unspecified atom stereocenters. The van der Waals surface area contributed by atoms with Gasteiger partial charge in [-0.25, -0.2) is 4.68 Å². The second kappa shape index (κ2) is 7.19. The molecule has 1 atom stereocenters. The van der Waals surface area contributed by atoms with Crippen LogP contribution in [0.4, 0.5) is 5.69 Å². The van der Waals surface area contributed by atoms with Crippen LogP contribution in [-0.4, -0.2) is 44.2 Å². The van der Waals surface area contributed by atoms with E-state index in [1.165, 1.54) is 6.33 Å². The van der Waals surface area contributed by atoms with Crippen molar-refractivity contribution in [1.82, 2.24) is 20.2 Å². The smallest absolute Gasteiger partial charge is 0.241 e. The maximum Gasteiger partial charge on any atom is 0.241 e. The van der Waals surface area contributed by atoms with E-state index in [1.807, 2.05) is 31.4 Å². The summed E-state index contributed by atoms with van der Waals surface area (Å²) in [4.78, 5) is 12.0. The van der Waals surface area contributed by atoms with Crippen molar-refractivity contribution in [3.05, 3.63) is 30.1 Å². The lowest BCUT2D eigenvalue weighted by Crippen LogP contribution is -2.36. The average Bonchev–Trinajstić information content (AvgIpc) is 3.00. The monoisotopic (exact) mass is 306 g/mol. The third-order valence-corrected chi connectivity index (χ3v) is 3.69. The number of carbonyl (C=O) groups excluding carboxylic acids is 1. The highest BCUT2D eigenvalue weighted by atomic mass is 32.2. The summed E-state index contributed by atoms with van der Waals surface area (Å²) in [6.45, 7) is 1.95. The second-order valence-electron chi connectivity index (χ2n) is 4.63. The summed E-state index contributed by atoms with van der Waals surface area (Å²) < 4.78 is 1.55. The number of carbonyl (C=O) groups is 1. The van der Waals surface area contributed by atoms with Gasteiger partial charge >= 0.3 is 0 Å². The Balaban J connectivity index is 2.11. The van der Waals surface area contributed by atoms with Crippen molar-refractivity contribution in [2.24, 2.45) is 5.73 Å². The first-order valence-corrected chi connectivity index (χ1v) is 7.90. The number of thioether (sulfide) groups is 1. The highest BCUT2D eigenvalue weighted by Gasteiger charge is 2.14. The zero-order chi connectivity index (χ0) is 15.2. The molecule has 8 heteroatoms. The number of nitrogens with one attached hydrogen (secondary N) is 1. The van der Waals surface area contributed by atoms with Crippen LogP contribution in [0.3, 0.4) is 0 Å². The summed E-state index contributed by atoms with van der Waals surface area (Å²) in [5.74, 6) is 0.675. The van der Waals surface area contributed by atoms with E-state index in [9.17, 15) is 4.79 Å². The van der Waals surface area contributed by atoms with Gasteiger partial charge in [0.05, 0.1) is 11.7 Å². The van der Waals surface area contributed by atoms with Crippen LogP contribution in [0.5, 0.6) is 0 Å². The zero-order valence-electron chi connectivity index (χ0n) is 12.0. The van der Waals surface area contributed by atoms with Crippen molar-refractivity contribution >= 4 is 23.4 Å². The van der Waals surface area contributed by atoms with E-state index in [2.05, 4.69) is 20.8 Å². The van der Waals surface area contributed by atoms with Crippen molar-refractivity contribution in [1.29, 1.82) is 0 Å². The van der Waals surface area contributed by atoms with Gasteiger partial charge in [0.1, 0.15) is 6.33 Å². The van der Waals surface area contributed by atoms with Crippen LogP contribution in [0.2, 0.25) is 0 Å². The van der Waals surface area contributed by atoms with Crippen LogP contribution < -0.4 is 11.1 Å². The molecule has 3 N–H and O–H groups in total. The van der Waals surface area contributed by atoms with Gasteiger partial charge in [-0.1, -0.05) is 6.07 Å². The van der Waals surface area contributed by atoms with Crippen molar-refractivity contribution in [3.8, 4) is 5.69 Å². The van der Waals surface area contributed by atoms with Crippen LogP contribution in [0.25, 0.3) is 5.69 Å². The van der Waals surface area contributed by atoms with Gasteiger partial charge in [-0.05, 0) is 53.5 Å². The Morgan fingerprint density at radius 2 is 2.33 bits per heavy atom. The average molecular weight is 306 g/mol. The van der Waals surface area contributed by atoms with E-state index < -0.39 is 6.04 Å². The van der Waals surface area contributed by atoms with Gasteiger partial charge < -0.3 is 11.1 Å². The molecule has 0 saturated heterocycles. The molecule has 0 aliphatic carbocycles. The van der Waals surface area contributed by atoms with E-state index in [-0.39, 0.29) is 5.91 Å². The number of benzene rings is 1. The SMILES string of the molecule is CSCC[C@H](N)C(=O)Nc1ccc(C)c(-n2cnnn2)c1. The molecule has 1 aromatic heterocycles. The quantitative estimate of drug-likeness (QED) is 0.825. The van der Waals surface area contributed by atoms with Gasteiger partial charge in [0.25, 0.3) is 0 Å². The minimum atomic E-state index is -0.504. The van der Waals surface area contributed by atoms with Crippen LogP contribution in [0, 0.1) is 6.92 Å². The Hall–Kier alpha value is -1.93. The third kappa shape index (κ3) is 4.02. The minimum absolute atomic E-state index is 0.185.